The lowest BCUT2D eigenvalue weighted by Crippen LogP contribution is -2.03. The van der Waals surface area contributed by atoms with Gasteiger partial charge >= 0.3 is 5.97 Å². The standard InChI is InChI=1S/C13H12N2O3/c16-13(17)12-3-1-2-11(15-12)9-18-8-10-4-6-14-7-5-10/h1-7H,8-9H2,(H,16,17). The van der Waals surface area contributed by atoms with E-state index in [-0.39, 0.29) is 12.3 Å². The van der Waals surface area contributed by atoms with Gasteiger partial charge in [-0.3, -0.25) is 4.98 Å². The second kappa shape index (κ2) is 5.88. The van der Waals surface area contributed by atoms with Crippen molar-refractivity contribution in [1.29, 1.82) is 0 Å². The largest absolute Gasteiger partial charge is 0.477 e. The molecule has 0 aliphatic rings. The van der Waals surface area contributed by atoms with Crippen molar-refractivity contribution in [2.45, 2.75) is 13.2 Å². The Morgan fingerprint density at radius 1 is 1.17 bits per heavy atom. The molecular formula is C13H12N2O3. The van der Waals surface area contributed by atoms with E-state index in [0.29, 0.717) is 12.3 Å². The topological polar surface area (TPSA) is 72.3 Å². The lowest BCUT2D eigenvalue weighted by atomic mass is 10.3. The van der Waals surface area contributed by atoms with Crippen LogP contribution in [-0.4, -0.2) is 21.0 Å². The van der Waals surface area contributed by atoms with Crippen molar-refractivity contribution in [3.8, 4) is 0 Å². The molecule has 2 aromatic rings. The SMILES string of the molecule is O=C(O)c1cccc(COCc2ccncc2)n1. The van der Waals surface area contributed by atoms with Crippen molar-refractivity contribution in [1.82, 2.24) is 9.97 Å². The highest BCUT2D eigenvalue weighted by molar-refractivity contribution is 5.85. The molecule has 2 heterocycles. The van der Waals surface area contributed by atoms with Crippen molar-refractivity contribution in [3.63, 3.8) is 0 Å². The summed E-state index contributed by atoms with van der Waals surface area (Å²) in [6.45, 7) is 0.727. The molecule has 0 aliphatic carbocycles. The van der Waals surface area contributed by atoms with E-state index in [2.05, 4.69) is 9.97 Å². The maximum absolute atomic E-state index is 10.7. The lowest BCUT2D eigenvalue weighted by molar-refractivity contribution is 0.0688. The Labute approximate surface area is 104 Å². The van der Waals surface area contributed by atoms with Gasteiger partial charge in [0.15, 0.2) is 0 Å². The van der Waals surface area contributed by atoms with Crippen LogP contribution in [0.4, 0.5) is 0 Å². The lowest BCUT2D eigenvalue weighted by Gasteiger charge is -2.04. The summed E-state index contributed by atoms with van der Waals surface area (Å²) in [6.07, 6.45) is 3.39. The fourth-order valence-corrected chi connectivity index (χ4v) is 1.43. The van der Waals surface area contributed by atoms with Crippen LogP contribution in [0.5, 0.6) is 0 Å². The van der Waals surface area contributed by atoms with E-state index >= 15 is 0 Å². The van der Waals surface area contributed by atoms with E-state index in [9.17, 15) is 4.79 Å². The van der Waals surface area contributed by atoms with Gasteiger partial charge in [-0.15, -0.1) is 0 Å². The summed E-state index contributed by atoms with van der Waals surface area (Å²) in [5.74, 6) is -1.04. The zero-order valence-corrected chi connectivity index (χ0v) is 9.61. The highest BCUT2D eigenvalue weighted by atomic mass is 16.5. The molecule has 0 saturated heterocycles. The Hall–Kier alpha value is -2.27. The number of hydrogen-bond donors (Lipinski definition) is 1. The summed E-state index contributed by atoms with van der Waals surface area (Å²) in [5.41, 5.74) is 1.64. The third kappa shape index (κ3) is 3.36. The molecular weight excluding hydrogens is 232 g/mol. The van der Waals surface area contributed by atoms with Crippen LogP contribution in [-0.2, 0) is 18.0 Å². The third-order valence-corrected chi connectivity index (χ3v) is 2.29. The number of hydrogen-bond acceptors (Lipinski definition) is 4. The molecule has 2 aromatic heterocycles. The smallest absolute Gasteiger partial charge is 0.354 e. The summed E-state index contributed by atoms with van der Waals surface area (Å²) in [4.78, 5) is 18.6. The predicted octanol–water partition coefficient (Wildman–Crippen LogP) is 1.89. The van der Waals surface area contributed by atoms with Gasteiger partial charge in [-0.25, -0.2) is 9.78 Å². The van der Waals surface area contributed by atoms with Gasteiger partial charge in [-0.1, -0.05) is 6.07 Å². The Bertz CT molecular complexity index is 529. The molecule has 0 fully saturated rings. The van der Waals surface area contributed by atoms with Crippen LogP contribution in [0.1, 0.15) is 21.7 Å². The molecule has 0 atom stereocenters. The predicted molar refractivity (Wildman–Crippen MR) is 63.9 cm³/mol. The molecule has 0 amide bonds. The second-order valence-electron chi connectivity index (χ2n) is 3.67. The summed E-state index contributed by atoms with van der Waals surface area (Å²) >= 11 is 0. The number of aromatic carboxylic acids is 1. The average Bonchev–Trinajstić information content (AvgIpc) is 2.40. The average molecular weight is 244 g/mol. The van der Waals surface area contributed by atoms with Gasteiger partial charge < -0.3 is 9.84 Å². The highest BCUT2D eigenvalue weighted by Crippen LogP contribution is 2.04. The summed E-state index contributed by atoms with van der Waals surface area (Å²) in [7, 11) is 0. The van der Waals surface area contributed by atoms with Crippen molar-refractivity contribution in [2.75, 3.05) is 0 Å². The first-order valence-electron chi connectivity index (χ1n) is 5.41. The molecule has 92 valence electrons. The van der Waals surface area contributed by atoms with Crippen molar-refractivity contribution in [2.24, 2.45) is 0 Å². The van der Waals surface area contributed by atoms with Gasteiger partial charge in [0.1, 0.15) is 5.69 Å². The molecule has 0 aliphatic heterocycles. The molecule has 0 saturated carbocycles. The van der Waals surface area contributed by atoms with E-state index in [1.54, 1.807) is 24.5 Å². The Morgan fingerprint density at radius 2 is 1.94 bits per heavy atom. The molecule has 0 aromatic carbocycles. The molecule has 0 bridgehead atoms. The van der Waals surface area contributed by atoms with Gasteiger partial charge in [0, 0.05) is 12.4 Å². The summed E-state index contributed by atoms with van der Waals surface area (Å²) in [5, 5.41) is 8.80. The van der Waals surface area contributed by atoms with Gasteiger partial charge in [-0.05, 0) is 29.8 Å². The third-order valence-electron chi connectivity index (χ3n) is 2.29. The molecule has 2 rings (SSSR count). The summed E-state index contributed by atoms with van der Waals surface area (Å²) < 4.78 is 5.46. The zero-order chi connectivity index (χ0) is 12.8. The quantitative estimate of drug-likeness (QED) is 0.869. The monoisotopic (exact) mass is 244 g/mol. The number of carbonyl (C=O) groups is 1. The number of nitrogens with zero attached hydrogens (tertiary/aromatic N) is 2. The first kappa shape index (κ1) is 12.2. The van der Waals surface area contributed by atoms with E-state index in [0.717, 1.165) is 5.56 Å². The summed E-state index contributed by atoms with van der Waals surface area (Å²) in [6, 6.07) is 8.57. The maximum atomic E-state index is 10.7. The van der Waals surface area contributed by atoms with E-state index < -0.39 is 5.97 Å². The molecule has 5 nitrogen and oxygen atoms in total. The minimum Gasteiger partial charge on any atom is -0.477 e. The molecule has 1 N–H and O–H groups in total. The Morgan fingerprint density at radius 3 is 2.67 bits per heavy atom. The molecule has 18 heavy (non-hydrogen) atoms. The molecule has 5 heteroatoms. The molecule has 0 unspecified atom stereocenters. The fourth-order valence-electron chi connectivity index (χ4n) is 1.43. The number of aromatic nitrogens is 2. The highest BCUT2D eigenvalue weighted by Gasteiger charge is 2.04. The number of carboxylic acid groups (broad SMARTS) is 1. The Balaban J connectivity index is 1.90. The normalized spacial score (nSPS) is 10.2. The van der Waals surface area contributed by atoms with E-state index in [1.165, 1.54) is 6.07 Å². The van der Waals surface area contributed by atoms with E-state index in [1.807, 2.05) is 12.1 Å². The van der Waals surface area contributed by atoms with Gasteiger partial charge in [0.2, 0.25) is 0 Å². The number of carboxylic acids is 1. The fraction of sp³-hybridized carbons (Fsp3) is 0.154. The number of pyridine rings is 2. The van der Waals surface area contributed by atoms with Gasteiger partial charge in [-0.2, -0.15) is 0 Å². The zero-order valence-electron chi connectivity index (χ0n) is 9.61. The van der Waals surface area contributed by atoms with Crippen LogP contribution < -0.4 is 0 Å². The van der Waals surface area contributed by atoms with Crippen LogP contribution in [0.15, 0.2) is 42.7 Å². The minimum absolute atomic E-state index is 0.0278. The molecule has 0 spiro atoms. The minimum atomic E-state index is -1.04. The van der Waals surface area contributed by atoms with Crippen molar-refractivity contribution in [3.05, 3.63) is 59.7 Å². The van der Waals surface area contributed by atoms with E-state index in [4.69, 9.17) is 9.84 Å². The van der Waals surface area contributed by atoms with Crippen LogP contribution in [0.2, 0.25) is 0 Å². The number of rotatable bonds is 5. The van der Waals surface area contributed by atoms with Crippen LogP contribution in [0.25, 0.3) is 0 Å². The molecule has 0 radical (unpaired) electrons. The maximum Gasteiger partial charge on any atom is 0.354 e. The van der Waals surface area contributed by atoms with Crippen LogP contribution in [0.3, 0.4) is 0 Å². The second-order valence-corrected chi connectivity index (χ2v) is 3.67. The van der Waals surface area contributed by atoms with Crippen LogP contribution in [0, 0.1) is 0 Å². The van der Waals surface area contributed by atoms with Crippen molar-refractivity contribution < 1.29 is 14.6 Å². The Kier molecular flexibility index (Phi) is 3.98. The van der Waals surface area contributed by atoms with Gasteiger partial charge in [0.25, 0.3) is 0 Å². The number of ether oxygens (including phenoxy) is 1. The van der Waals surface area contributed by atoms with Crippen LogP contribution >= 0.6 is 0 Å². The van der Waals surface area contributed by atoms with Crippen molar-refractivity contribution >= 4 is 5.97 Å². The van der Waals surface area contributed by atoms with Gasteiger partial charge in [0.05, 0.1) is 18.9 Å². The first-order chi connectivity index (χ1) is 8.75. The first-order valence-corrected chi connectivity index (χ1v) is 5.41.